The molecule has 2 fully saturated rings. The van der Waals surface area contributed by atoms with Gasteiger partial charge in [0, 0.05) is 19.2 Å². The van der Waals surface area contributed by atoms with Crippen molar-refractivity contribution in [3.63, 3.8) is 0 Å². The van der Waals surface area contributed by atoms with E-state index in [1.807, 2.05) is 30.3 Å². The number of aromatic nitrogens is 1. The molecule has 2 amide bonds. The quantitative estimate of drug-likeness (QED) is 0.538. The van der Waals surface area contributed by atoms with E-state index in [1.54, 1.807) is 19.3 Å². The maximum atomic E-state index is 12.8. The zero-order valence-electron chi connectivity index (χ0n) is 18.9. The number of rotatable bonds is 6. The Morgan fingerprint density at radius 1 is 1.21 bits per heavy atom. The van der Waals surface area contributed by atoms with Crippen molar-refractivity contribution in [1.82, 2.24) is 9.88 Å². The van der Waals surface area contributed by atoms with Gasteiger partial charge < -0.3 is 14.3 Å². The smallest absolute Gasteiger partial charge is 0.233 e. The van der Waals surface area contributed by atoms with E-state index >= 15 is 0 Å². The van der Waals surface area contributed by atoms with Gasteiger partial charge in [0.15, 0.2) is 0 Å². The third-order valence-electron chi connectivity index (χ3n) is 7.20. The Labute approximate surface area is 192 Å². The van der Waals surface area contributed by atoms with Gasteiger partial charge in [0.1, 0.15) is 18.1 Å². The molecular formula is C26H28N2O5. The number of nitrogens with zero attached hydrogens (tertiary/aromatic N) is 2. The number of carbonyl (C=O) groups is 2. The molecule has 2 aromatic rings. The number of amides is 2. The highest BCUT2D eigenvalue weighted by atomic mass is 16.5. The van der Waals surface area contributed by atoms with E-state index in [0.717, 1.165) is 17.7 Å². The molecule has 1 N–H and O–H groups in total. The van der Waals surface area contributed by atoms with Gasteiger partial charge in [-0.25, -0.2) is 0 Å². The van der Waals surface area contributed by atoms with E-state index in [2.05, 4.69) is 11.9 Å². The molecule has 2 saturated heterocycles. The lowest BCUT2D eigenvalue weighted by molar-refractivity contribution is -0.138. The minimum Gasteiger partial charge on any atom is -0.459 e. The molecule has 1 aliphatic carbocycles. The first kappa shape index (κ1) is 21.8. The van der Waals surface area contributed by atoms with Crippen LogP contribution < -0.4 is 0 Å². The summed E-state index contributed by atoms with van der Waals surface area (Å²) < 4.78 is 11.9. The zero-order valence-corrected chi connectivity index (χ0v) is 18.9. The van der Waals surface area contributed by atoms with E-state index in [1.165, 1.54) is 16.0 Å². The fourth-order valence-electron chi connectivity index (χ4n) is 5.63. The van der Waals surface area contributed by atoms with Gasteiger partial charge in [-0.3, -0.25) is 19.5 Å². The Morgan fingerprint density at radius 2 is 2.06 bits per heavy atom. The number of allylic oxidation sites excluding steroid dienone is 2. The summed E-state index contributed by atoms with van der Waals surface area (Å²) in [6.07, 6.45) is 5.72. The third-order valence-corrected chi connectivity index (χ3v) is 7.20. The van der Waals surface area contributed by atoms with Crippen LogP contribution in [0.5, 0.6) is 0 Å². The standard InChI is InChI=1S/C26H28N2O5/c1-15-11-19-24(26(31)28(2)25(19)30)20-14-32-22(23(15)20)9-6-16(21-5-3-4-10-27-21)12-17-7-8-18(13-29)33-17/h3-5,7-8,10,12,19-20,22,24,29H,6,9,11,13-14H2,1-2H3/b16-12-/t19-,20+,22-,24-/m1/s1. The van der Waals surface area contributed by atoms with E-state index < -0.39 is 0 Å². The number of likely N-dealkylation sites (tertiary alicyclic amines) is 1. The summed E-state index contributed by atoms with van der Waals surface area (Å²) in [4.78, 5) is 31.1. The number of hydrogen-bond donors (Lipinski definition) is 1. The molecule has 4 atom stereocenters. The predicted octanol–water partition coefficient (Wildman–Crippen LogP) is 3.45. The minimum atomic E-state index is -0.294. The molecule has 7 nitrogen and oxygen atoms in total. The van der Waals surface area contributed by atoms with Crippen molar-refractivity contribution in [1.29, 1.82) is 0 Å². The van der Waals surface area contributed by atoms with Crippen LogP contribution in [0, 0.1) is 17.8 Å². The fraction of sp³-hybridized carbons (Fsp3) is 0.423. The molecule has 0 spiro atoms. The van der Waals surface area contributed by atoms with Gasteiger partial charge in [-0.2, -0.15) is 0 Å². The van der Waals surface area contributed by atoms with Crippen LogP contribution >= 0.6 is 0 Å². The van der Waals surface area contributed by atoms with Crippen molar-refractivity contribution < 1.29 is 23.8 Å². The second-order valence-electron chi connectivity index (χ2n) is 9.12. The van der Waals surface area contributed by atoms with Crippen LogP contribution in [0.25, 0.3) is 11.6 Å². The maximum Gasteiger partial charge on any atom is 0.233 e. The first-order valence-electron chi connectivity index (χ1n) is 11.4. The topological polar surface area (TPSA) is 92.9 Å². The second kappa shape index (κ2) is 8.72. The molecule has 2 aromatic heterocycles. The summed E-state index contributed by atoms with van der Waals surface area (Å²) >= 11 is 0. The van der Waals surface area contributed by atoms with Crippen LogP contribution in [0.3, 0.4) is 0 Å². The van der Waals surface area contributed by atoms with Crippen LogP contribution in [0.2, 0.25) is 0 Å². The van der Waals surface area contributed by atoms with E-state index in [-0.39, 0.29) is 42.3 Å². The Bertz CT molecular complexity index is 1130. The van der Waals surface area contributed by atoms with E-state index in [0.29, 0.717) is 31.0 Å². The molecule has 7 heteroatoms. The lowest BCUT2D eigenvalue weighted by atomic mass is 9.70. The molecule has 33 heavy (non-hydrogen) atoms. The van der Waals surface area contributed by atoms with Gasteiger partial charge in [-0.05, 0) is 67.7 Å². The van der Waals surface area contributed by atoms with Crippen LogP contribution in [0.4, 0.5) is 0 Å². The summed E-state index contributed by atoms with van der Waals surface area (Å²) in [6, 6.07) is 9.40. The summed E-state index contributed by atoms with van der Waals surface area (Å²) in [5.41, 5.74) is 4.26. The normalized spacial score (nSPS) is 27.4. The third kappa shape index (κ3) is 3.85. The average Bonchev–Trinajstić information content (AvgIpc) is 3.52. The number of furan rings is 1. The highest BCUT2D eigenvalue weighted by Crippen LogP contribution is 2.49. The van der Waals surface area contributed by atoms with Gasteiger partial charge in [-0.15, -0.1) is 0 Å². The molecule has 0 bridgehead atoms. The number of pyridine rings is 1. The summed E-state index contributed by atoms with van der Waals surface area (Å²) in [7, 11) is 1.59. The number of ether oxygens (including phenoxy) is 1. The first-order chi connectivity index (χ1) is 16.0. The molecule has 172 valence electrons. The molecule has 0 aromatic carbocycles. The average molecular weight is 449 g/mol. The SMILES string of the molecule is CC1=C2[C@@H](CC/C(=C/c3ccc(CO)o3)c3ccccn3)OC[C@@H]2[C@@H]2C(=O)N(C)C(=O)[C@@H]2C1. The maximum absolute atomic E-state index is 12.8. The Hall–Kier alpha value is -3.03. The van der Waals surface area contributed by atoms with Crippen LogP contribution in [-0.2, 0) is 20.9 Å². The largest absolute Gasteiger partial charge is 0.459 e. The summed E-state index contributed by atoms with van der Waals surface area (Å²) in [6.45, 7) is 2.41. The highest BCUT2D eigenvalue weighted by molar-refractivity contribution is 6.05. The Morgan fingerprint density at radius 3 is 2.79 bits per heavy atom. The van der Waals surface area contributed by atoms with Crippen LogP contribution in [0.1, 0.15) is 43.4 Å². The summed E-state index contributed by atoms with van der Waals surface area (Å²) in [5.74, 6) is 0.485. The Balaban J connectivity index is 1.38. The van der Waals surface area contributed by atoms with E-state index in [9.17, 15) is 14.7 Å². The first-order valence-corrected chi connectivity index (χ1v) is 11.4. The Kier molecular flexibility index (Phi) is 5.76. The second-order valence-corrected chi connectivity index (χ2v) is 9.12. The lowest BCUT2D eigenvalue weighted by Crippen LogP contribution is -2.33. The fourth-order valence-corrected chi connectivity index (χ4v) is 5.63. The van der Waals surface area contributed by atoms with Crippen molar-refractivity contribution >= 4 is 23.5 Å². The molecule has 3 aliphatic rings. The number of carbonyl (C=O) groups excluding carboxylic acids is 2. The van der Waals surface area contributed by atoms with Gasteiger partial charge in [0.2, 0.25) is 11.8 Å². The van der Waals surface area contributed by atoms with Crippen molar-refractivity contribution in [3.8, 4) is 0 Å². The number of hydrogen-bond acceptors (Lipinski definition) is 6. The van der Waals surface area contributed by atoms with Gasteiger partial charge in [0.05, 0.1) is 30.2 Å². The van der Waals surface area contributed by atoms with Crippen molar-refractivity contribution in [2.75, 3.05) is 13.7 Å². The van der Waals surface area contributed by atoms with Gasteiger partial charge in [-0.1, -0.05) is 11.6 Å². The lowest BCUT2D eigenvalue weighted by Gasteiger charge is -2.30. The van der Waals surface area contributed by atoms with Gasteiger partial charge in [0.25, 0.3) is 0 Å². The van der Waals surface area contributed by atoms with Gasteiger partial charge >= 0.3 is 0 Å². The van der Waals surface area contributed by atoms with Crippen molar-refractivity contribution in [3.05, 3.63) is 64.9 Å². The molecular weight excluding hydrogens is 420 g/mol. The number of fused-ring (bicyclic) bond motifs is 3. The molecule has 0 radical (unpaired) electrons. The van der Waals surface area contributed by atoms with Crippen molar-refractivity contribution in [2.45, 2.75) is 38.9 Å². The van der Waals surface area contributed by atoms with Crippen molar-refractivity contribution in [2.24, 2.45) is 17.8 Å². The molecule has 2 aliphatic heterocycles. The van der Waals surface area contributed by atoms with E-state index in [4.69, 9.17) is 9.15 Å². The molecule has 4 heterocycles. The molecule has 0 unspecified atom stereocenters. The number of aliphatic hydroxyl groups excluding tert-OH is 1. The minimum absolute atomic E-state index is 0.0189. The highest BCUT2D eigenvalue weighted by Gasteiger charge is 2.55. The zero-order chi connectivity index (χ0) is 23.1. The summed E-state index contributed by atoms with van der Waals surface area (Å²) in [5, 5.41) is 9.30. The molecule has 0 saturated carbocycles. The van der Waals surface area contributed by atoms with Crippen LogP contribution in [-0.4, -0.2) is 46.6 Å². The number of imide groups is 1. The predicted molar refractivity (Wildman–Crippen MR) is 121 cm³/mol. The van der Waals surface area contributed by atoms with Crippen LogP contribution in [0.15, 0.2) is 52.1 Å². The molecule has 5 rings (SSSR count). The number of aliphatic hydroxyl groups is 1. The monoisotopic (exact) mass is 448 g/mol.